The Morgan fingerprint density at radius 3 is 2.63 bits per heavy atom. The number of anilines is 2. The van der Waals surface area contributed by atoms with Crippen LogP contribution in [0.5, 0.6) is 0 Å². The van der Waals surface area contributed by atoms with Crippen molar-refractivity contribution in [3.8, 4) is 0 Å². The molecule has 148 valence electrons. The number of halogens is 3. The fraction of sp³-hybridized carbons (Fsp3) is 0.722. The van der Waals surface area contributed by atoms with Gasteiger partial charge in [0.25, 0.3) is 0 Å². The lowest BCUT2D eigenvalue weighted by Crippen LogP contribution is -2.47. The number of nitrogens with zero attached hydrogens (tertiary/aromatic N) is 4. The van der Waals surface area contributed by atoms with Crippen LogP contribution in [0.3, 0.4) is 0 Å². The Kier molecular flexibility index (Phi) is 4.23. The van der Waals surface area contributed by atoms with Crippen molar-refractivity contribution in [2.45, 2.75) is 51.2 Å². The highest BCUT2D eigenvalue weighted by molar-refractivity contribution is 5.67. The second-order valence-corrected chi connectivity index (χ2v) is 8.28. The maximum atomic E-state index is 13.3. The molecule has 27 heavy (non-hydrogen) atoms. The first-order valence-corrected chi connectivity index (χ1v) is 9.35. The van der Waals surface area contributed by atoms with Crippen LogP contribution in [0.1, 0.15) is 44.7 Å². The minimum absolute atomic E-state index is 0.0215. The number of rotatable bonds is 4. The predicted octanol–water partition coefficient (Wildman–Crippen LogP) is 3.18. The van der Waals surface area contributed by atoms with Crippen molar-refractivity contribution in [1.82, 2.24) is 9.97 Å². The van der Waals surface area contributed by atoms with E-state index in [0.29, 0.717) is 25.5 Å². The van der Waals surface area contributed by atoms with Gasteiger partial charge >= 0.3 is 12.1 Å². The number of alkyl halides is 3. The van der Waals surface area contributed by atoms with Gasteiger partial charge in [-0.15, -0.1) is 0 Å². The van der Waals surface area contributed by atoms with Gasteiger partial charge in [0, 0.05) is 38.2 Å². The van der Waals surface area contributed by atoms with Crippen LogP contribution in [0, 0.1) is 11.3 Å². The SMILES string of the molecule is C[C@H]1CCN1c1nc(N2CCC3(CC(CC(=O)O)C3)C2)cc(C(F)(F)F)n1. The summed E-state index contributed by atoms with van der Waals surface area (Å²) in [7, 11) is 0. The summed E-state index contributed by atoms with van der Waals surface area (Å²) < 4.78 is 40.0. The van der Waals surface area contributed by atoms with Crippen LogP contribution in [0.15, 0.2) is 6.07 Å². The van der Waals surface area contributed by atoms with Crippen LogP contribution in [0.2, 0.25) is 0 Å². The summed E-state index contributed by atoms with van der Waals surface area (Å²) in [4.78, 5) is 22.8. The fourth-order valence-corrected chi connectivity index (χ4v) is 4.69. The third-order valence-corrected chi connectivity index (χ3v) is 6.24. The van der Waals surface area contributed by atoms with E-state index in [4.69, 9.17) is 5.11 Å². The minimum atomic E-state index is -4.51. The van der Waals surface area contributed by atoms with Gasteiger partial charge in [0.05, 0.1) is 0 Å². The van der Waals surface area contributed by atoms with E-state index in [1.807, 2.05) is 11.8 Å². The van der Waals surface area contributed by atoms with E-state index in [-0.39, 0.29) is 29.7 Å². The summed E-state index contributed by atoms with van der Waals surface area (Å²) in [6.07, 6.45) is -0.909. The average Bonchev–Trinajstić information content (AvgIpc) is 2.97. The van der Waals surface area contributed by atoms with E-state index >= 15 is 0 Å². The van der Waals surface area contributed by atoms with Crippen LogP contribution < -0.4 is 9.80 Å². The largest absolute Gasteiger partial charge is 0.481 e. The first-order valence-electron chi connectivity index (χ1n) is 9.35. The Morgan fingerprint density at radius 2 is 2.07 bits per heavy atom. The van der Waals surface area contributed by atoms with Gasteiger partial charge in [0.2, 0.25) is 5.95 Å². The molecule has 0 bridgehead atoms. The molecule has 3 aliphatic rings. The molecule has 0 radical (unpaired) electrons. The van der Waals surface area contributed by atoms with Crippen molar-refractivity contribution in [2.75, 3.05) is 29.4 Å². The molecule has 3 heterocycles. The molecule has 1 aromatic rings. The molecule has 3 fully saturated rings. The van der Waals surface area contributed by atoms with Gasteiger partial charge in [0.15, 0.2) is 5.69 Å². The first-order chi connectivity index (χ1) is 12.7. The molecule has 2 saturated heterocycles. The van der Waals surface area contributed by atoms with Gasteiger partial charge in [-0.25, -0.2) is 4.98 Å². The fourth-order valence-electron chi connectivity index (χ4n) is 4.69. The molecule has 1 saturated carbocycles. The quantitative estimate of drug-likeness (QED) is 0.860. The van der Waals surface area contributed by atoms with Gasteiger partial charge < -0.3 is 14.9 Å². The average molecular weight is 384 g/mol. The number of aliphatic carboxylic acids is 1. The smallest absolute Gasteiger partial charge is 0.433 e. The van der Waals surface area contributed by atoms with E-state index in [1.165, 1.54) is 0 Å². The molecule has 1 spiro atoms. The zero-order valence-corrected chi connectivity index (χ0v) is 15.2. The molecule has 0 amide bonds. The third kappa shape index (κ3) is 3.43. The lowest BCUT2D eigenvalue weighted by molar-refractivity contribution is -0.141. The van der Waals surface area contributed by atoms with Crippen LogP contribution in [-0.4, -0.2) is 46.7 Å². The molecule has 1 aromatic heterocycles. The molecular formula is C18H23F3N4O2. The van der Waals surface area contributed by atoms with Crippen LogP contribution in [0.4, 0.5) is 24.9 Å². The second kappa shape index (κ2) is 6.24. The predicted molar refractivity (Wildman–Crippen MR) is 92.7 cm³/mol. The molecule has 1 atom stereocenters. The highest BCUT2D eigenvalue weighted by Gasteiger charge is 2.49. The number of hydrogen-bond donors (Lipinski definition) is 1. The lowest BCUT2D eigenvalue weighted by atomic mass is 9.60. The summed E-state index contributed by atoms with van der Waals surface area (Å²) in [5.74, 6) is -0.137. The van der Waals surface area contributed by atoms with Gasteiger partial charge in [0.1, 0.15) is 5.82 Å². The topological polar surface area (TPSA) is 69.6 Å². The van der Waals surface area contributed by atoms with Crippen LogP contribution >= 0.6 is 0 Å². The van der Waals surface area contributed by atoms with Crippen LogP contribution in [-0.2, 0) is 11.0 Å². The van der Waals surface area contributed by atoms with Crippen LogP contribution in [0.25, 0.3) is 0 Å². The monoisotopic (exact) mass is 384 g/mol. The van der Waals surface area contributed by atoms with E-state index in [2.05, 4.69) is 9.97 Å². The summed E-state index contributed by atoms with van der Waals surface area (Å²) in [6.45, 7) is 3.90. The lowest BCUT2D eigenvalue weighted by Gasteiger charge is -2.45. The van der Waals surface area contributed by atoms with Gasteiger partial charge in [-0.05, 0) is 43.9 Å². The Hall–Kier alpha value is -2.06. The maximum Gasteiger partial charge on any atom is 0.433 e. The second-order valence-electron chi connectivity index (χ2n) is 8.28. The van der Waals surface area contributed by atoms with Gasteiger partial charge in [-0.3, -0.25) is 4.79 Å². The maximum absolute atomic E-state index is 13.3. The molecule has 2 aliphatic heterocycles. The molecular weight excluding hydrogens is 361 g/mol. The zero-order valence-electron chi connectivity index (χ0n) is 15.2. The Balaban J connectivity index is 1.53. The van der Waals surface area contributed by atoms with Gasteiger partial charge in [-0.2, -0.15) is 18.2 Å². The number of aromatic nitrogens is 2. The summed E-state index contributed by atoms with van der Waals surface area (Å²) in [5.41, 5.74) is -0.881. The number of hydrogen-bond acceptors (Lipinski definition) is 5. The molecule has 9 heteroatoms. The van der Waals surface area contributed by atoms with Crippen molar-refractivity contribution < 1.29 is 23.1 Å². The Bertz CT molecular complexity index is 749. The Labute approximate surface area is 155 Å². The third-order valence-electron chi connectivity index (χ3n) is 6.24. The van der Waals surface area contributed by atoms with Gasteiger partial charge in [-0.1, -0.05) is 0 Å². The molecule has 4 rings (SSSR count). The molecule has 6 nitrogen and oxygen atoms in total. The van der Waals surface area contributed by atoms with Crippen molar-refractivity contribution >= 4 is 17.7 Å². The van der Waals surface area contributed by atoms with Crippen molar-refractivity contribution in [1.29, 1.82) is 0 Å². The molecule has 1 N–H and O–H groups in total. The van der Waals surface area contributed by atoms with Crippen molar-refractivity contribution in [3.63, 3.8) is 0 Å². The van der Waals surface area contributed by atoms with Crippen molar-refractivity contribution in [2.24, 2.45) is 11.3 Å². The van der Waals surface area contributed by atoms with Crippen molar-refractivity contribution in [3.05, 3.63) is 11.8 Å². The normalized spacial score (nSPS) is 30.4. The summed E-state index contributed by atoms with van der Waals surface area (Å²) in [5, 5.41) is 8.91. The first kappa shape index (κ1) is 18.3. The molecule has 0 unspecified atom stereocenters. The number of carbonyl (C=O) groups is 1. The molecule has 0 aromatic carbocycles. The molecule has 1 aliphatic carbocycles. The van der Waals surface area contributed by atoms with E-state index in [1.54, 1.807) is 4.90 Å². The summed E-state index contributed by atoms with van der Waals surface area (Å²) in [6, 6.07) is 1.19. The number of carboxylic acid groups (broad SMARTS) is 1. The zero-order chi connectivity index (χ0) is 19.4. The standard InChI is InChI=1S/C18H23F3N4O2/c1-11-2-4-25(11)16-22-13(18(19,20)21)7-14(23-16)24-5-3-17(10-24)8-12(9-17)6-15(26)27/h7,11-12H,2-6,8-10H2,1H3,(H,26,27)/t11-,12?,17?/m0/s1. The Morgan fingerprint density at radius 1 is 1.33 bits per heavy atom. The highest BCUT2D eigenvalue weighted by Crippen LogP contribution is 2.53. The minimum Gasteiger partial charge on any atom is -0.481 e. The highest BCUT2D eigenvalue weighted by atomic mass is 19.4. The van der Waals surface area contributed by atoms with E-state index in [0.717, 1.165) is 31.7 Å². The summed E-state index contributed by atoms with van der Waals surface area (Å²) >= 11 is 0. The van der Waals surface area contributed by atoms with E-state index < -0.39 is 17.8 Å². The van der Waals surface area contributed by atoms with E-state index in [9.17, 15) is 18.0 Å². The number of carboxylic acids is 1.